The second kappa shape index (κ2) is 3.59. The van der Waals surface area contributed by atoms with Gasteiger partial charge in [-0.15, -0.1) is 0 Å². The largest absolute Gasteiger partial charge is 0.464 e. The van der Waals surface area contributed by atoms with Crippen LogP contribution in [0.4, 0.5) is 0 Å². The monoisotopic (exact) mass is 165 g/mol. The molecule has 1 unspecified atom stereocenters. The van der Waals surface area contributed by atoms with Gasteiger partial charge in [-0.05, 0) is 33.0 Å². The van der Waals surface area contributed by atoms with Crippen LogP contribution >= 0.6 is 0 Å². The Hall–Kier alpha value is -1.02. The van der Waals surface area contributed by atoms with Crippen molar-refractivity contribution in [1.82, 2.24) is 5.32 Å². The Kier molecular flexibility index (Phi) is 2.71. The van der Waals surface area contributed by atoms with Gasteiger partial charge in [0.1, 0.15) is 11.5 Å². The van der Waals surface area contributed by atoms with Crippen molar-refractivity contribution < 1.29 is 4.42 Å². The fourth-order valence-electron chi connectivity index (χ4n) is 1.24. The van der Waals surface area contributed by atoms with E-state index in [4.69, 9.17) is 4.42 Å². The summed E-state index contributed by atoms with van der Waals surface area (Å²) >= 11 is 0. The van der Waals surface area contributed by atoms with E-state index in [9.17, 15) is 0 Å². The van der Waals surface area contributed by atoms with Crippen LogP contribution in [-0.4, -0.2) is 7.05 Å². The molecule has 1 aromatic rings. The van der Waals surface area contributed by atoms with E-state index in [1.54, 1.807) is 0 Å². The Morgan fingerprint density at radius 1 is 1.58 bits per heavy atom. The molecule has 1 N–H and O–H groups in total. The van der Waals surface area contributed by atoms with Gasteiger partial charge in [0.25, 0.3) is 0 Å². The lowest BCUT2D eigenvalue weighted by atomic mass is 10.1. The lowest BCUT2D eigenvalue weighted by Gasteiger charge is -2.12. The number of likely N-dealkylation sites (N-methyl/N-ethyl adjacent to an activating group) is 1. The SMILES string of the molecule is C=C(C)C(NC)c1ccc(C)o1. The van der Waals surface area contributed by atoms with E-state index in [1.165, 1.54) is 0 Å². The van der Waals surface area contributed by atoms with Crippen molar-refractivity contribution in [2.75, 3.05) is 7.05 Å². The number of rotatable bonds is 3. The highest BCUT2D eigenvalue weighted by atomic mass is 16.3. The molecule has 1 aromatic heterocycles. The molecule has 0 saturated heterocycles. The van der Waals surface area contributed by atoms with E-state index in [-0.39, 0.29) is 6.04 Å². The number of aryl methyl sites for hydroxylation is 1. The molecule has 0 aliphatic carbocycles. The van der Waals surface area contributed by atoms with Crippen molar-refractivity contribution in [2.24, 2.45) is 0 Å². The zero-order chi connectivity index (χ0) is 9.14. The van der Waals surface area contributed by atoms with Gasteiger partial charge in [0.15, 0.2) is 0 Å². The Bertz CT molecular complexity index is 275. The zero-order valence-electron chi connectivity index (χ0n) is 7.85. The summed E-state index contributed by atoms with van der Waals surface area (Å²) in [6.07, 6.45) is 0. The van der Waals surface area contributed by atoms with Gasteiger partial charge >= 0.3 is 0 Å². The molecule has 66 valence electrons. The second-order valence-electron chi connectivity index (χ2n) is 3.02. The van der Waals surface area contributed by atoms with E-state index in [0.717, 1.165) is 17.1 Å². The van der Waals surface area contributed by atoms with Crippen molar-refractivity contribution >= 4 is 0 Å². The first kappa shape index (κ1) is 9.07. The molecule has 1 rings (SSSR count). The molecular formula is C10H15NO. The quantitative estimate of drug-likeness (QED) is 0.696. The van der Waals surface area contributed by atoms with Crippen LogP contribution in [0.2, 0.25) is 0 Å². The average Bonchev–Trinajstić information content (AvgIpc) is 2.37. The fraction of sp³-hybridized carbons (Fsp3) is 0.400. The lowest BCUT2D eigenvalue weighted by Crippen LogP contribution is -2.16. The molecule has 0 amide bonds. The van der Waals surface area contributed by atoms with E-state index >= 15 is 0 Å². The third kappa shape index (κ3) is 1.77. The topological polar surface area (TPSA) is 25.2 Å². The summed E-state index contributed by atoms with van der Waals surface area (Å²) in [5, 5.41) is 3.14. The van der Waals surface area contributed by atoms with Crippen LogP contribution in [0.15, 0.2) is 28.7 Å². The van der Waals surface area contributed by atoms with E-state index in [2.05, 4.69) is 11.9 Å². The number of hydrogen-bond acceptors (Lipinski definition) is 2. The molecule has 1 atom stereocenters. The maximum Gasteiger partial charge on any atom is 0.125 e. The first-order chi connectivity index (χ1) is 5.65. The Balaban J connectivity index is 2.87. The molecule has 12 heavy (non-hydrogen) atoms. The van der Waals surface area contributed by atoms with Crippen LogP contribution in [0, 0.1) is 6.92 Å². The molecule has 1 heterocycles. The highest BCUT2D eigenvalue weighted by molar-refractivity contribution is 5.18. The molecule has 2 nitrogen and oxygen atoms in total. The van der Waals surface area contributed by atoms with Crippen molar-refractivity contribution in [3.8, 4) is 0 Å². The molecule has 0 saturated carbocycles. The first-order valence-corrected chi connectivity index (χ1v) is 4.04. The van der Waals surface area contributed by atoms with Crippen LogP contribution < -0.4 is 5.32 Å². The Labute approximate surface area is 73.3 Å². The molecule has 0 aliphatic heterocycles. The van der Waals surface area contributed by atoms with Gasteiger partial charge in [0, 0.05) is 0 Å². The minimum Gasteiger partial charge on any atom is -0.464 e. The molecule has 0 spiro atoms. The third-order valence-corrected chi connectivity index (χ3v) is 1.83. The predicted molar refractivity (Wildman–Crippen MR) is 50.1 cm³/mol. The molecular weight excluding hydrogens is 150 g/mol. The summed E-state index contributed by atoms with van der Waals surface area (Å²) in [6.45, 7) is 7.81. The van der Waals surface area contributed by atoms with Gasteiger partial charge in [0.05, 0.1) is 6.04 Å². The molecule has 0 radical (unpaired) electrons. The van der Waals surface area contributed by atoms with E-state index < -0.39 is 0 Å². The minimum absolute atomic E-state index is 0.138. The van der Waals surface area contributed by atoms with E-state index in [0.29, 0.717) is 0 Å². The molecule has 0 fully saturated rings. The van der Waals surface area contributed by atoms with Crippen LogP contribution in [0.25, 0.3) is 0 Å². The van der Waals surface area contributed by atoms with Gasteiger partial charge < -0.3 is 9.73 Å². The zero-order valence-corrected chi connectivity index (χ0v) is 7.85. The summed E-state index contributed by atoms with van der Waals surface area (Å²) in [5.41, 5.74) is 1.06. The van der Waals surface area contributed by atoms with Gasteiger partial charge in [-0.25, -0.2) is 0 Å². The maximum absolute atomic E-state index is 5.47. The Morgan fingerprint density at radius 3 is 2.58 bits per heavy atom. The third-order valence-electron chi connectivity index (χ3n) is 1.83. The van der Waals surface area contributed by atoms with Gasteiger partial charge in [0.2, 0.25) is 0 Å². The average molecular weight is 165 g/mol. The summed E-state index contributed by atoms with van der Waals surface area (Å²) < 4.78 is 5.47. The molecule has 0 aliphatic rings. The molecule has 2 heteroatoms. The summed E-state index contributed by atoms with van der Waals surface area (Å²) in [5.74, 6) is 1.87. The van der Waals surface area contributed by atoms with Crippen LogP contribution in [0.3, 0.4) is 0 Å². The summed E-state index contributed by atoms with van der Waals surface area (Å²) in [4.78, 5) is 0. The van der Waals surface area contributed by atoms with Crippen LogP contribution in [-0.2, 0) is 0 Å². The lowest BCUT2D eigenvalue weighted by molar-refractivity contribution is 0.441. The van der Waals surface area contributed by atoms with Crippen LogP contribution in [0.5, 0.6) is 0 Å². The number of nitrogens with one attached hydrogen (secondary N) is 1. The summed E-state index contributed by atoms with van der Waals surface area (Å²) in [7, 11) is 1.90. The predicted octanol–water partition coefficient (Wildman–Crippen LogP) is 2.42. The minimum atomic E-state index is 0.138. The van der Waals surface area contributed by atoms with Crippen molar-refractivity contribution in [1.29, 1.82) is 0 Å². The number of hydrogen-bond donors (Lipinski definition) is 1. The molecule has 0 bridgehead atoms. The fourth-order valence-corrected chi connectivity index (χ4v) is 1.24. The first-order valence-electron chi connectivity index (χ1n) is 4.04. The van der Waals surface area contributed by atoms with Crippen LogP contribution in [0.1, 0.15) is 24.5 Å². The maximum atomic E-state index is 5.47. The van der Waals surface area contributed by atoms with E-state index in [1.807, 2.05) is 33.0 Å². The number of furan rings is 1. The normalized spacial score (nSPS) is 12.9. The van der Waals surface area contributed by atoms with Gasteiger partial charge in [-0.3, -0.25) is 0 Å². The smallest absolute Gasteiger partial charge is 0.125 e. The summed E-state index contributed by atoms with van der Waals surface area (Å²) in [6, 6.07) is 4.08. The second-order valence-corrected chi connectivity index (χ2v) is 3.02. The highest BCUT2D eigenvalue weighted by Gasteiger charge is 2.12. The standard InChI is InChI=1S/C10H15NO/c1-7(2)10(11-4)9-6-5-8(3)12-9/h5-6,10-11H,1H2,2-4H3. The van der Waals surface area contributed by atoms with Crippen molar-refractivity contribution in [3.05, 3.63) is 35.8 Å². The van der Waals surface area contributed by atoms with Crippen molar-refractivity contribution in [3.63, 3.8) is 0 Å². The highest BCUT2D eigenvalue weighted by Crippen LogP contribution is 2.21. The Morgan fingerprint density at radius 2 is 2.25 bits per heavy atom. The van der Waals surface area contributed by atoms with Crippen molar-refractivity contribution in [2.45, 2.75) is 19.9 Å². The van der Waals surface area contributed by atoms with Gasteiger partial charge in [-0.2, -0.15) is 0 Å². The molecule has 0 aromatic carbocycles. The van der Waals surface area contributed by atoms with Gasteiger partial charge in [-0.1, -0.05) is 12.2 Å².